The van der Waals surface area contributed by atoms with E-state index in [2.05, 4.69) is 19.2 Å². The first-order chi connectivity index (χ1) is 8.95. The van der Waals surface area contributed by atoms with E-state index in [0.29, 0.717) is 29.1 Å². The summed E-state index contributed by atoms with van der Waals surface area (Å²) in [5, 5.41) is 4.02. The summed E-state index contributed by atoms with van der Waals surface area (Å²) in [7, 11) is 0. The molecule has 0 amide bonds. The summed E-state index contributed by atoms with van der Waals surface area (Å²) < 4.78 is 5.48. The number of nitrogens with two attached hydrogens (primary N) is 1. The van der Waals surface area contributed by atoms with Gasteiger partial charge in [-0.2, -0.15) is 0 Å². The fourth-order valence-electron chi connectivity index (χ4n) is 1.63. The number of hydrogen-bond acceptors (Lipinski definition) is 3. The van der Waals surface area contributed by atoms with Gasteiger partial charge in [0.25, 0.3) is 0 Å². The summed E-state index contributed by atoms with van der Waals surface area (Å²) in [5.41, 5.74) is 7.23. The highest BCUT2D eigenvalue weighted by atomic mass is 35.5. The van der Waals surface area contributed by atoms with Crippen molar-refractivity contribution in [1.29, 1.82) is 0 Å². The van der Waals surface area contributed by atoms with E-state index in [1.165, 1.54) is 0 Å². The van der Waals surface area contributed by atoms with E-state index in [1.807, 2.05) is 19.1 Å². The van der Waals surface area contributed by atoms with Gasteiger partial charge in [-0.3, -0.25) is 0 Å². The van der Waals surface area contributed by atoms with E-state index in [1.54, 1.807) is 6.07 Å². The molecule has 0 heterocycles. The second-order valence-electron chi connectivity index (χ2n) is 4.71. The van der Waals surface area contributed by atoms with E-state index in [-0.39, 0.29) is 6.04 Å². The van der Waals surface area contributed by atoms with Gasteiger partial charge in [-0.1, -0.05) is 37.7 Å². The minimum absolute atomic E-state index is 0.216. The van der Waals surface area contributed by atoms with Crippen molar-refractivity contribution < 1.29 is 4.74 Å². The standard InChI is InChI=1S/C14H21ClN2OS/c1-4-18-8-13(9(2)3)17-12-6-5-10(14(16)19)7-11(12)15/h5-7,9,13,17H,4,8H2,1-3H3,(H2,16,19). The van der Waals surface area contributed by atoms with Crippen molar-refractivity contribution in [3.8, 4) is 0 Å². The quantitative estimate of drug-likeness (QED) is 0.757. The van der Waals surface area contributed by atoms with Gasteiger partial charge in [0.15, 0.2) is 0 Å². The van der Waals surface area contributed by atoms with Crippen molar-refractivity contribution in [3.63, 3.8) is 0 Å². The maximum atomic E-state index is 6.24. The van der Waals surface area contributed by atoms with Crippen LogP contribution in [0.25, 0.3) is 0 Å². The second-order valence-corrected chi connectivity index (χ2v) is 5.56. The highest BCUT2D eigenvalue weighted by molar-refractivity contribution is 7.80. The van der Waals surface area contributed by atoms with Crippen molar-refractivity contribution in [1.82, 2.24) is 0 Å². The predicted octanol–water partition coefficient (Wildman–Crippen LogP) is 3.45. The Morgan fingerprint density at radius 1 is 1.47 bits per heavy atom. The van der Waals surface area contributed by atoms with Gasteiger partial charge in [-0.15, -0.1) is 0 Å². The normalized spacial score (nSPS) is 12.5. The van der Waals surface area contributed by atoms with Gasteiger partial charge in [0.2, 0.25) is 0 Å². The molecule has 1 aromatic carbocycles. The predicted molar refractivity (Wildman–Crippen MR) is 86.1 cm³/mol. The Kier molecular flexibility index (Phi) is 6.55. The number of halogens is 1. The molecule has 0 aliphatic heterocycles. The van der Waals surface area contributed by atoms with Crippen LogP contribution < -0.4 is 11.1 Å². The van der Waals surface area contributed by atoms with Crippen molar-refractivity contribution in [3.05, 3.63) is 28.8 Å². The Morgan fingerprint density at radius 3 is 2.63 bits per heavy atom. The molecule has 0 saturated carbocycles. The minimum atomic E-state index is 0.216. The molecule has 0 bridgehead atoms. The molecule has 19 heavy (non-hydrogen) atoms. The van der Waals surface area contributed by atoms with Gasteiger partial charge >= 0.3 is 0 Å². The lowest BCUT2D eigenvalue weighted by Crippen LogP contribution is -2.31. The van der Waals surface area contributed by atoms with Crippen LogP contribution in [0.5, 0.6) is 0 Å². The second kappa shape index (κ2) is 7.68. The van der Waals surface area contributed by atoms with Crippen LogP contribution in [0.2, 0.25) is 5.02 Å². The van der Waals surface area contributed by atoms with Crippen molar-refractivity contribution in [2.24, 2.45) is 11.7 Å². The molecule has 1 atom stereocenters. The first kappa shape index (κ1) is 16.2. The first-order valence-corrected chi connectivity index (χ1v) is 7.18. The summed E-state index contributed by atoms with van der Waals surface area (Å²) in [5.74, 6) is 0.442. The third-order valence-corrected chi connectivity index (χ3v) is 3.45. The number of rotatable bonds is 7. The topological polar surface area (TPSA) is 47.3 Å². The molecular formula is C14H21ClN2OS. The van der Waals surface area contributed by atoms with Gasteiger partial charge < -0.3 is 15.8 Å². The molecule has 5 heteroatoms. The van der Waals surface area contributed by atoms with Gasteiger partial charge in [-0.05, 0) is 31.0 Å². The van der Waals surface area contributed by atoms with Gasteiger partial charge in [0.05, 0.1) is 23.4 Å². The number of benzene rings is 1. The van der Waals surface area contributed by atoms with E-state index in [4.69, 9.17) is 34.3 Å². The number of nitrogens with one attached hydrogen (secondary N) is 1. The molecule has 3 nitrogen and oxygen atoms in total. The molecule has 0 aliphatic carbocycles. The first-order valence-electron chi connectivity index (χ1n) is 6.39. The molecule has 1 aromatic rings. The van der Waals surface area contributed by atoms with Crippen molar-refractivity contribution in [2.75, 3.05) is 18.5 Å². The van der Waals surface area contributed by atoms with Crippen LogP contribution >= 0.6 is 23.8 Å². The van der Waals surface area contributed by atoms with Gasteiger partial charge in [-0.25, -0.2) is 0 Å². The van der Waals surface area contributed by atoms with E-state index >= 15 is 0 Å². The molecule has 0 saturated heterocycles. The average molecular weight is 301 g/mol. The fourth-order valence-corrected chi connectivity index (χ4v) is 1.99. The smallest absolute Gasteiger partial charge is 0.104 e. The maximum Gasteiger partial charge on any atom is 0.104 e. The number of ether oxygens (including phenoxy) is 1. The Balaban J connectivity index is 2.81. The lowest BCUT2D eigenvalue weighted by atomic mass is 10.0. The Labute approximate surface area is 125 Å². The summed E-state index contributed by atoms with van der Waals surface area (Å²) in [6.45, 7) is 7.64. The zero-order valence-electron chi connectivity index (χ0n) is 11.6. The SMILES string of the molecule is CCOCC(Nc1ccc(C(N)=S)cc1Cl)C(C)C. The summed E-state index contributed by atoms with van der Waals surface area (Å²) in [4.78, 5) is 0.350. The third-order valence-electron chi connectivity index (χ3n) is 2.90. The van der Waals surface area contributed by atoms with Crippen LogP contribution in [0, 0.1) is 5.92 Å². The van der Waals surface area contributed by atoms with Crippen LogP contribution in [-0.2, 0) is 4.74 Å². The van der Waals surface area contributed by atoms with E-state index in [9.17, 15) is 0 Å². The maximum absolute atomic E-state index is 6.24. The van der Waals surface area contributed by atoms with E-state index in [0.717, 1.165) is 11.3 Å². The number of hydrogen-bond donors (Lipinski definition) is 2. The molecular weight excluding hydrogens is 280 g/mol. The van der Waals surface area contributed by atoms with Crippen molar-refractivity contribution >= 4 is 34.5 Å². The van der Waals surface area contributed by atoms with Crippen molar-refractivity contribution in [2.45, 2.75) is 26.8 Å². The number of thiocarbonyl (C=S) groups is 1. The summed E-state index contributed by atoms with van der Waals surface area (Å²) in [6, 6.07) is 5.77. The fraction of sp³-hybridized carbons (Fsp3) is 0.500. The van der Waals surface area contributed by atoms with Gasteiger partial charge in [0.1, 0.15) is 4.99 Å². The Hall–Kier alpha value is -0.840. The van der Waals surface area contributed by atoms with Crippen LogP contribution in [0.15, 0.2) is 18.2 Å². The zero-order chi connectivity index (χ0) is 14.4. The van der Waals surface area contributed by atoms with E-state index < -0.39 is 0 Å². The minimum Gasteiger partial charge on any atom is -0.389 e. The zero-order valence-corrected chi connectivity index (χ0v) is 13.1. The summed E-state index contributed by atoms with van der Waals surface area (Å²) >= 11 is 11.2. The Bertz CT molecular complexity index is 437. The molecule has 0 fully saturated rings. The summed E-state index contributed by atoms with van der Waals surface area (Å²) in [6.07, 6.45) is 0. The molecule has 1 unspecified atom stereocenters. The lowest BCUT2D eigenvalue weighted by Gasteiger charge is -2.24. The lowest BCUT2D eigenvalue weighted by molar-refractivity contribution is 0.127. The highest BCUT2D eigenvalue weighted by Crippen LogP contribution is 2.25. The average Bonchev–Trinajstić information content (AvgIpc) is 2.35. The monoisotopic (exact) mass is 300 g/mol. The molecule has 3 N–H and O–H groups in total. The van der Waals surface area contributed by atoms with Crippen LogP contribution in [0.4, 0.5) is 5.69 Å². The number of anilines is 1. The van der Waals surface area contributed by atoms with Crippen LogP contribution in [0.3, 0.4) is 0 Å². The molecule has 1 rings (SSSR count). The largest absolute Gasteiger partial charge is 0.389 e. The molecule has 0 aromatic heterocycles. The highest BCUT2D eigenvalue weighted by Gasteiger charge is 2.15. The Morgan fingerprint density at radius 2 is 2.16 bits per heavy atom. The van der Waals surface area contributed by atoms with Crippen LogP contribution in [0.1, 0.15) is 26.3 Å². The molecule has 0 radical (unpaired) electrons. The molecule has 0 spiro atoms. The molecule has 0 aliphatic rings. The van der Waals surface area contributed by atoms with Crippen LogP contribution in [-0.4, -0.2) is 24.2 Å². The van der Waals surface area contributed by atoms with Gasteiger partial charge in [0, 0.05) is 12.2 Å². The third kappa shape index (κ3) is 4.97. The molecule has 106 valence electrons.